The van der Waals surface area contributed by atoms with Crippen LogP contribution in [0.5, 0.6) is 0 Å². The third kappa shape index (κ3) is 4.75. The van der Waals surface area contributed by atoms with Gasteiger partial charge in [0.1, 0.15) is 5.82 Å². The van der Waals surface area contributed by atoms with Crippen LogP contribution in [-0.2, 0) is 9.53 Å². The molecule has 0 bridgehead atoms. The molecule has 1 amide bonds. The number of morpholine rings is 1. The number of carbonyl (C=O) groups excluding carboxylic acids is 1. The van der Waals surface area contributed by atoms with Gasteiger partial charge in [0, 0.05) is 31.1 Å². The van der Waals surface area contributed by atoms with E-state index in [-0.39, 0.29) is 29.6 Å². The summed E-state index contributed by atoms with van der Waals surface area (Å²) in [5.74, 6) is -0.407. The molecule has 3 atom stereocenters. The first-order valence-electron chi connectivity index (χ1n) is 13.3. The Labute approximate surface area is 223 Å². The molecule has 38 heavy (non-hydrogen) atoms. The van der Waals surface area contributed by atoms with Gasteiger partial charge in [-0.25, -0.2) is 4.39 Å². The minimum atomic E-state index is -0.259. The Morgan fingerprint density at radius 2 is 1.55 bits per heavy atom. The van der Waals surface area contributed by atoms with Gasteiger partial charge in [-0.15, -0.1) is 0 Å². The molecule has 2 aliphatic rings. The highest BCUT2D eigenvalue weighted by molar-refractivity contribution is 5.82. The van der Waals surface area contributed by atoms with Gasteiger partial charge in [-0.2, -0.15) is 0 Å². The van der Waals surface area contributed by atoms with E-state index in [1.807, 2.05) is 89.8 Å². The van der Waals surface area contributed by atoms with E-state index in [0.717, 1.165) is 27.8 Å². The number of hydrogen-bond acceptors (Lipinski definition) is 3. The zero-order valence-electron chi connectivity index (χ0n) is 21.2. The lowest BCUT2D eigenvalue weighted by Crippen LogP contribution is -2.47. The van der Waals surface area contributed by atoms with Crippen molar-refractivity contribution in [3.05, 3.63) is 120 Å². The highest BCUT2D eigenvalue weighted by Crippen LogP contribution is 2.39. The smallest absolute Gasteiger partial charge is 0.228 e. The fourth-order valence-electron chi connectivity index (χ4n) is 5.91. The van der Waals surface area contributed by atoms with Crippen molar-refractivity contribution in [2.45, 2.75) is 12.0 Å². The van der Waals surface area contributed by atoms with E-state index in [4.69, 9.17) is 4.74 Å². The molecule has 4 aromatic rings. The molecule has 0 radical (unpaired) electrons. The number of halogens is 1. The van der Waals surface area contributed by atoms with Crippen molar-refractivity contribution < 1.29 is 13.9 Å². The van der Waals surface area contributed by atoms with Crippen LogP contribution in [0.4, 0.5) is 4.39 Å². The minimum Gasteiger partial charge on any atom is -0.377 e. The van der Waals surface area contributed by atoms with E-state index in [1.165, 1.54) is 0 Å². The van der Waals surface area contributed by atoms with Gasteiger partial charge in [-0.1, -0.05) is 97.1 Å². The molecule has 0 aliphatic carbocycles. The predicted molar refractivity (Wildman–Crippen MR) is 148 cm³/mol. The van der Waals surface area contributed by atoms with E-state index >= 15 is 4.39 Å². The van der Waals surface area contributed by atoms with Crippen molar-refractivity contribution in [3.63, 3.8) is 0 Å². The summed E-state index contributed by atoms with van der Waals surface area (Å²) in [5.41, 5.74) is 5.33. The Morgan fingerprint density at radius 1 is 0.816 bits per heavy atom. The number of benzene rings is 4. The summed E-state index contributed by atoms with van der Waals surface area (Å²) in [6, 6.07) is 33.2. The SMILES string of the molecule is O=C([C@@H]1CNC[C@H]1c1ccccc1-c1ccc(-c2ccccc2)cc1F)N1CCOC[C@@H]1c1ccccc1. The lowest BCUT2D eigenvalue weighted by Gasteiger charge is -2.38. The minimum absolute atomic E-state index is 0.0498. The number of amides is 1. The number of nitrogens with one attached hydrogen (secondary N) is 1. The molecule has 0 aromatic heterocycles. The van der Waals surface area contributed by atoms with Crippen LogP contribution in [0.25, 0.3) is 22.3 Å². The van der Waals surface area contributed by atoms with Crippen molar-refractivity contribution in [1.29, 1.82) is 0 Å². The third-order valence-electron chi connectivity index (χ3n) is 7.85. The van der Waals surface area contributed by atoms with Crippen LogP contribution in [0.3, 0.4) is 0 Å². The van der Waals surface area contributed by atoms with Crippen LogP contribution >= 0.6 is 0 Å². The maximum Gasteiger partial charge on any atom is 0.228 e. The molecule has 1 N–H and O–H groups in total. The molecular formula is C33H31FN2O2. The Hall–Kier alpha value is -3.80. The van der Waals surface area contributed by atoms with Crippen LogP contribution in [0.15, 0.2) is 103 Å². The van der Waals surface area contributed by atoms with Crippen molar-refractivity contribution >= 4 is 5.91 Å². The van der Waals surface area contributed by atoms with Gasteiger partial charge in [0.05, 0.1) is 25.2 Å². The van der Waals surface area contributed by atoms with E-state index in [9.17, 15) is 4.79 Å². The van der Waals surface area contributed by atoms with Gasteiger partial charge in [0.15, 0.2) is 0 Å². The molecule has 192 valence electrons. The Bertz CT molecular complexity index is 1410. The Morgan fingerprint density at radius 3 is 2.34 bits per heavy atom. The first kappa shape index (κ1) is 24.5. The fourth-order valence-corrected chi connectivity index (χ4v) is 5.91. The van der Waals surface area contributed by atoms with Crippen LogP contribution in [0.2, 0.25) is 0 Å². The van der Waals surface area contributed by atoms with Crippen LogP contribution in [-0.4, -0.2) is 43.7 Å². The third-order valence-corrected chi connectivity index (χ3v) is 7.85. The molecule has 2 aliphatic heterocycles. The molecule has 4 aromatic carbocycles. The zero-order valence-corrected chi connectivity index (χ0v) is 21.2. The molecular weight excluding hydrogens is 475 g/mol. The molecule has 0 unspecified atom stereocenters. The average Bonchev–Trinajstić information content (AvgIpc) is 3.48. The maximum absolute atomic E-state index is 15.6. The largest absolute Gasteiger partial charge is 0.377 e. The first-order chi connectivity index (χ1) is 18.7. The number of rotatable bonds is 5. The molecule has 2 saturated heterocycles. The number of carbonyl (C=O) groups is 1. The van der Waals surface area contributed by atoms with Crippen LogP contribution in [0, 0.1) is 11.7 Å². The number of hydrogen-bond donors (Lipinski definition) is 1. The topological polar surface area (TPSA) is 41.6 Å². The quantitative estimate of drug-likeness (QED) is 0.358. The number of ether oxygens (including phenoxy) is 1. The molecule has 6 rings (SSSR count). The van der Waals surface area contributed by atoms with E-state index in [2.05, 4.69) is 17.4 Å². The van der Waals surface area contributed by atoms with E-state index in [0.29, 0.717) is 38.4 Å². The molecule has 4 nitrogen and oxygen atoms in total. The predicted octanol–water partition coefficient (Wildman–Crippen LogP) is 6.06. The monoisotopic (exact) mass is 506 g/mol. The van der Waals surface area contributed by atoms with Gasteiger partial charge in [0.25, 0.3) is 0 Å². The molecule has 5 heteroatoms. The van der Waals surface area contributed by atoms with E-state index in [1.54, 1.807) is 6.07 Å². The summed E-state index contributed by atoms with van der Waals surface area (Å²) in [6.45, 7) is 2.88. The summed E-state index contributed by atoms with van der Waals surface area (Å²) in [5, 5.41) is 3.45. The first-order valence-corrected chi connectivity index (χ1v) is 13.3. The summed E-state index contributed by atoms with van der Waals surface area (Å²) < 4.78 is 21.3. The highest BCUT2D eigenvalue weighted by Gasteiger charge is 2.40. The second-order valence-corrected chi connectivity index (χ2v) is 10.1. The molecule has 2 heterocycles. The van der Waals surface area contributed by atoms with Gasteiger partial charge in [-0.05, 0) is 33.9 Å². The van der Waals surface area contributed by atoms with Crippen LogP contribution in [0.1, 0.15) is 23.1 Å². The summed E-state index contributed by atoms with van der Waals surface area (Å²) in [7, 11) is 0. The van der Waals surface area contributed by atoms with E-state index < -0.39 is 0 Å². The van der Waals surface area contributed by atoms with Crippen molar-refractivity contribution in [2.75, 3.05) is 32.8 Å². The zero-order chi connectivity index (χ0) is 25.9. The van der Waals surface area contributed by atoms with Crippen molar-refractivity contribution in [3.8, 4) is 22.3 Å². The molecule has 0 spiro atoms. The van der Waals surface area contributed by atoms with Gasteiger partial charge < -0.3 is 15.0 Å². The normalized spacial score (nSPS) is 21.4. The van der Waals surface area contributed by atoms with Crippen LogP contribution < -0.4 is 5.32 Å². The second kappa shape index (κ2) is 10.9. The van der Waals surface area contributed by atoms with Gasteiger partial charge in [0.2, 0.25) is 5.91 Å². The lowest BCUT2D eigenvalue weighted by atomic mass is 9.83. The maximum atomic E-state index is 15.6. The number of nitrogens with zero attached hydrogens (tertiary/aromatic N) is 1. The fraction of sp³-hybridized carbons (Fsp3) is 0.242. The Kier molecular flexibility index (Phi) is 7.04. The summed E-state index contributed by atoms with van der Waals surface area (Å²) in [4.78, 5) is 16.0. The second-order valence-electron chi connectivity index (χ2n) is 10.1. The standard InChI is InChI=1S/C33H31FN2O2/c34-31-19-25(23-9-3-1-4-10-23)15-16-28(31)26-13-7-8-14-27(26)29-20-35-21-30(29)33(37)36-17-18-38-22-32(36)24-11-5-2-6-12-24/h1-16,19,29-30,32,35H,17-18,20-22H2/t29-,30+,32+/m0/s1. The van der Waals surface area contributed by atoms with Gasteiger partial charge in [-0.3, -0.25) is 4.79 Å². The van der Waals surface area contributed by atoms with Gasteiger partial charge >= 0.3 is 0 Å². The average molecular weight is 507 g/mol. The summed E-state index contributed by atoms with van der Waals surface area (Å²) >= 11 is 0. The highest BCUT2D eigenvalue weighted by atomic mass is 19.1. The lowest BCUT2D eigenvalue weighted by molar-refractivity contribution is -0.144. The Balaban J connectivity index is 1.31. The summed E-state index contributed by atoms with van der Waals surface area (Å²) in [6.07, 6.45) is 0. The molecule has 2 fully saturated rings. The van der Waals surface area contributed by atoms with Crippen molar-refractivity contribution in [2.24, 2.45) is 5.92 Å². The molecule has 0 saturated carbocycles. The van der Waals surface area contributed by atoms with Crippen molar-refractivity contribution in [1.82, 2.24) is 10.2 Å².